The van der Waals surface area contributed by atoms with Crippen LogP contribution in [0.3, 0.4) is 0 Å². The summed E-state index contributed by atoms with van der Waals surface area (Å²) in [6.07, 6.45) is 2.49. The maximum Gasteiger partial charge on any atom is 0.0417 e. The standard InChI is InChI=1S/C11H16ClNS/c1-13-7-2-3-8-14-11-6-4-5-10(12)9-11/h4-6,9,13H,2-3,7-8H2,1H3. The van der Waals surface area contributed by atoms with Gasteiger partial charge in [-0.3, -0.25) is 0 Å². The zero-order chi connectivity index (χ0) is 10.2. The van der Waals surface area contributed by atoms with Crippen molar-refractivity contribution in [3.8, 4) is 0 Å². The fourth-order valence-corrected chi connectivity index (χ4v) is 2.37. The molecule has 0 bridgehead atoms. The second-order valence-electron chi connectivity index (χ2n) is 3.12. The molecule has 1 nitrogen and oxygen atoms in total. The topological polar surface area (TPSA) is 12.0 Å². The van der Waals surface area contributed by atoms with Crippen LogP contribution in [0.25, 0.3) is 0 Å². The summed E-state index contributed by atoms with van der Waals surface area (Å²) in [7, 11) is 1.99. The van der Waals surface area contributed by atoms with Gasteiger partial charge in [-0.15, -0.1) is 11.8 Å². The van der Waals surface area contributed by atoms with Crippen LogP contribution in [0.15, 0.2) is 29.2 Å². The third-order valence-corrected chi connectivity index (χ3v) is 3.20. The van der Waals surface area contributed by atoms with E-state index in [0.29, 0.717) is 0 Å². The molecule has 78 valence electrons. The number of halogens is 1. The van der Waals surface area contributed by atoms with Crippen molar-refractivity contribution in [2.24, 2.45) is 0 Å². The summed E-state index contributed by atoms with van der Waals surface area (Å²) in [5, 5.41) is 3.97. The predicted molar refractivity (Wildman–Crippen MR) is 65.3 cm³/mol. The second kappa shape index (κ2) is 7.16. The Balaban J connectivity index is 2.18. The number of rotatable bonds is 6. The first kappa shape index (κ1) is 11.9. The fraction of sp³-hybridized carbons (Fsp3) is 0.455. The molecule has 0 radical (unpaired) electrons. The van der Waals surface area contributed by atoms with Crippen molar-refractivity contribution in [1.29, 1.82) is 0 Å². The third-order valence-electron chi connectivity index (χ3n) is 1.89. The Kier molecular flexibility index (Phi) is 6.08. The molecule has 0 aromatic heterocycles. The van der Waals surface area contributed by atoms with Gasteiger partial charge in [-0.1, -0.05) is 17.7 Å². The minimum atomic E-state index is 0.824. The van der Waals surface area contributed by atoms with Crippen molar-refractivity contribution in [1.82, 2.24) is 5.32 Å². The second-order valence-corrected chi connectivity index (χ2v) is 4.72. The van der Waals surface area contributed by atoms with Crippen molar-refractivity contribution in [3.63, 3.8) is 0 Å². The van der Waals surface area contributed by atoms with E-state index < -0.39 is 0 Å². The Morgan fingerprint density at radius 1 is 1.36 bits per heavy atom. The quantitative estimate of drug-likeness (QED) is 0.593. The molecule has 14 heavy (non-hydrogen) atoms. The summed E-state index contributed by atoms with van der Waals surface area (Å²) >= 11 is 7.76. The lowest BCUT2D eigenvalue weighted by molar-refractivity contribution is 0.715. The van der Waals surface area contributed by atoms with Crippen LogP contribution in [-0.4, -0.2) is 19.3 Å². The van der Waals surface area contributed by atoms with Crippen LogP contribution in [0, 0.1) is 0 Å². The van der Waals surface area contributed by atoms with E-state index in [0.717, 1.165) is 11.6 Å². The maximum absolute atomic E-state index is 5.88. The molecule has 1 aromatic rings. The van der Waals surface area contributed by atoms with Gasteiger partial charge in [0.15, 0.2) is 0 Å². The van der Waals surface area contributed by atoms with Gasteiger partial charge in [-0.2, -0.15) is 0 Å². The van der Waals surface area contributed by atoms with Gasteiger partial charge < -0.3 is 5.32 Å². The summed E-state index contributed by atoms with van der Waals surface area (Å²) in [6, 6.07) is 8.03. The van der Waals surface area contributed by atoms with Gasteiger partial charge in [0.2, 0.25) is 0 Å². The van der Waals surface area contributed by atoms with Crippen molar-refractivity contribution in [2.45, 2.75) is 17.7 Å². The van der Waals surface area contributed by atoms with Gasteiger partial charge in [-0.05, 0) is 50.4 Å². The molecule has 0 saturated heterocycles. The predicted octanol–water partition coefficient (Wildman–Crippen LogP) is 3.43. The Hall–Kier alpha value is -0.180. The molecule has 3 heteroatoms. The van der Waals surface area contributed by atoms with Crippen LogP contribution in [0.5, 0.6) is 0 Å². The molecule has 1 aromatic carbocycles. The summed E-state index contributed by atoms with van der Waals surface area (Å²) in [4.78, 5) is 1.27. The summed E-state index contributed by atoms with van der Waals surface area (Å²) in [6.45, 7) is 1.11. The van der Waals surface area contributed by atoms with E-state index in [9.17, 15) is 0 Å². The third kappa shape index (κ3) is 4.89. The highest BCUT2D eigenvalue weighted by Gasteiger charge is 1.94. The highest BCUT2D eigenvalue weighted by molar-refractivity contribution is 7.99. The van der Waals surface area contributed by atoms with Crippen LogP contribution in [0.1, 0.15) is 12.8 Å². The van der Waals surface area contributed by atoms with Crippen molar-refractivity contribution in [3.05, 3.63) is 29.3 Å². The zero-order valence-corrected chi connectivity index (χ0v) is 10.00. The molecule has 0 amide bonds. The number of hydrogen-bond acceptors (Lipinski definition) is 2. The van der Waals surface area contributed by atoms with Crippen LogP contribution in [-0.2, 0) is 0 Å². The molecule has 0 aliphatic carbocycles. The van der Waals surface area contributed by atoms with Crippen molar-refractivity contribution < 1.29 is 0 Å². The molecule has 0 aliphatic heterocycles. The Labute approximate surface area is 95.2 Å². The number of thioether (sulfide) groups is 1. The highest BCUT2D eigenvalue weighted by Crippen LogP contribution is 2.22. The Bertz CT molecular complexity index is 265. The lowest BCUT2D eigenvalue weighted by Gasteiger charge is -2.01. The van der Waals surface area contributed by atoms with Crippen molar-refractivity contribution >= 4 is 23.4 Å². The number of hydrogen-bond donors (Lipinski definition) is 1. The first-order chi connectivity index (χ1) is 6.83. The van der Waals surface area contributed by atoms with Gasteiger partial charge in [0.05, 0.1) is 0 Å². The molecule has 0 aliphatic rings. The minimum absolute atomic E-state index is 0.824. The summed E-state index contributed by atoms with van der Waals surface area (Å²) < 4.78 is 0. The van der Waals surface area contributed by atoms with Crippen molar-refractivity contribution in [2.75, 3.05) is 19.3 Å². The number of unbranched alkanes of at least 4 members (excludes halogenated alkanes) is 1. The summed E-state index contributed by atoms with van der Waals surface area (Å²) in [5.74, 6) is 1.17. The zero-order valence-electron chi connectivity index (χ0n) is 8.42. The molecule has 0 atom stereocenters. The Morgan fingerprint density at radius 2 is 2.21 bits per heavy atom. The lowest BCUT2D eigenvalue weighted by Crippen LogP contribution is -2.07. The van der Waals surface area contributed by atoms with E-state index in [1.54, 1.807) is 0 Å². The Morgan fingerprint density at radius 3 is 2.93 bits per heavy atom. The van der Waals surface area contributed by atoms with E-state index in [1.807, 2.05) is 37.0 Å². The molecular formula is C11H16ClNS. The normalized spacial score (nSPS) is 10.4. The van der Waals surface area contributed by atoms with E-state index in [1.165, 1.54) is 23.5 Å². The molecule has 0 heterocycles. The minimum Gasteiger partial charge on any atom is -0.320 e. The van der Waals surface area contributed by atoms with Gasteiger partial charge in [0.25, 0.3) is 0 Å². The molecule has 0 fully saturated rings. The molecule has 0 spiro atoms. The molecule has 0 saturated carbocycles. The van der Waals surface area contributed by atoms with E-state index >= 15 is 0 Å². The van der Waals surface area contributed by atoms with E-state index in [4.69, 9.17) is 11.6 Å². The first-order valence-corrected chi connectivity index (χ1v) is 6.22. The molecule has 1 N–H and O–H groups in total. The van der Waals surface area contributed by atoms with Gasteiger partial charge >= 0.3 is 0 Å². The first-order valence-electron chi connectivity index (χ1n) is 4.86. The average molecular weight is 230 g/mol. The maximum atomic E-state index is 5.88. The van der Waals surface area contributed by atoms with Crippen LogP contribution in [0.2, 0.25) is 5.02 Å². The van der Waals surface area contributed by atoms with Gasteiger partial charge in [0.1, 0.15) is 0 Å². The lowest BCUT2D eigenvalue weighted by atomic mass is 10.3. The summed E-state index contributed by atoms with van der Waals surface area (Å²) in [5.41, 5.74) is 0. The van der Waals surface area contributed by atoms with Gasteiger partial charge in [-0.25, -0.2) is 0 Å². The largest absolute Gasteiger partial charge is 0.320 e. The number of benzene rings is 1. The monoisotopic (exact) mass is 229 g/mol. The van der Waals surface area contributed by atoms with Crippen LogP contribution >= 0.6 is 23.4 Å². The molecular weight excluding hydrogens is 214 g/mol. The number of nitrogens with one attached hydrogen (secondary N) is 1. The molecule has 0 unspecified atom stereocenters. The van der Waals surface area contributed by atoms with Crippen LogP contribution < -0.4 is 5.32 Å². The van der Waals surface area contributed by atoms with Gasteiger partial charge in [0, 0.05) is 9.92 Å². The van der Waals surface area contributed by atoms with Crippen LogP contribution in [0.4, 0.5) is 0 Å². The highest BCUT2D eigenvalue weighted by atomic mass is 35.5. The molecule has 1 rings (SSSR count). The van der Waals surface area contributed by atoms with E-state index in [2.05, 4.69) is 11.4 Å². The van der Waals surface area contributed by atoms with E-state index in [-0.39, 0.29) is 0 Å². The smallest absolute Gasteiger partial charge is 0.0417 e. The SMILES string of the molecule is CNCCCCSc1cccc(Cl)c1. The fourth-order valence-electron chi connectivity index (χ4n) is 1.15. The average Bonchev–Trinajstić information content (AvgIpc) is 2.18.